The molecule has 64 valence electrons. The molecule has 0 radical (unpaired) electrons. The van der Waals surface area contributed by atoms with Gasteiger partial charge in [0.15, 0.2) is 0 Å². The summed E-state index contributed by atoms with van der Waals surface area (Å²) in [6, 6.07) is 0. The van der Waals surface area contributed by atoms with Gasteiger partial charge in [0.25, 0.3) is 0 Å². The molecule has 0 rings (SSSR count). The lowest BCUT2D eigenvalue weighted by atomic mass is 10.2. The zero-order valence-corrected chi connectivity index (χ0v) is 7.42. The van der Waals surface area contributed by atoms with E-state index < -0.39 is 0 Å². The van der Waals surface area contributed by atoms with E-state index >= 15 is 0 Å². The van der Waals surface area contributed by atoms with Crippen LogP contribution in [0.3, 0.4) is 0 Å². The molecule has 0 aromatic carbocycles. The molecule has 0 aliphatic heterocycles. The molecule has 2 heteroatoms. The topological polar surface area (TPSA) is 21.6 Å². The summed E-state index contributed by atoms with van der Waals surface area (Å²) in [6.45, 7) is 2.18. The van der Waals surface area contributed by atoms with Gasteiger partial charge in [-0.2, -0.15) is 0 Å². The molecule has 0 aromatic rings. The van der Waals surface area contributed by atoms with Gasteiger partial charge in [-0.15, -0.1) is 0 Å². The van der Waals surface area contributed by atoms with E-state index in [4.69, 9.17) is 0 Å². The molecule has 11 heavy (non-hydrogen) atoms. The van der Waals surface area contributed by atoms with Gasteiger partial charge in [0.05, 0.1) is 0 Å². The lowest BCUT2D eigenvalue weighted by Crippen LogP contribution is -1.75. The molecule has 0 saturated heterocycles. The van der Waals surface area contributed by atoms with Gasteiger partial charge in [-0.3, -0.25) is 0 Å². The molecule has 0 amide bonds. The summed E-state index contributed by atoms with van der Waals surface area (Å²) in [5.74, 6) is 0. The molecule has 0 fully saturated rings. The van der Waals surface area contributed by atoms with Gasteiger partial charge < -0.3 is 4.84 Å². The van der Waals surface area contributed by atoms with Crippen molar-refractivity contribution in [1.82, 2.24) is 0 Å². The van der Waals surface area contributed by atoms with Crippen LogP contribution in [0, 0.1) is 0 Å². The minimum atomic E-state index is 0.966. The molecule has 0 aromatic heterocycles. The Bertz CT molecular complexity index is 119. The van der Waals surface area contributed by atoms with E-state index in [1.165, 1.54) is 12.8 Å². The summed E-state index contributed by atoms with van der Waals surface area (Å²) in [7, 11) is 1.56. The number of oxime groups is 1. The summed E-state index contributed by atoms with van der Waals surface area (Å²) in [5, 5.41) is 3.63. The van der Waals surface area contributed by atoms with Gasteiger partial charge in [-0.1, -0.05) is 30.7 Å². The molecular formula is C9H17NO. The molecule has 0 aliphatic carbocycles. The molecule has 0 bridgehead atoms. The van der Waals surface area contributed by atoms with Crippen molar-refractivity contribution in [1.29, 1.82) is 0 Å². The highest BCUT2D eigenvalue weighted by Crippen LogP contribution is 1.93. The van der Waals surface area contributed by atoms with Gasteiger partial charge in [0.2, 0.25) is 0 Å². The first kappa shape index (κ1) is 10.2. The fourth-order valence-electron chi connectivity index (χ4n) is 0.700. The lowest BCUT2D eigenvalue weighted by molar-refractivity contribution is 0.214. The van der Waals surface area contributed by atoms with Crippen molar-refractivity contribution in [3.63, 3.8) is 0 Å². The maximum Gasteiger partial charge on any atom is 0.106 e. The predicted octanol–water partition coefficient (Wildman–Crippen LogP) is 2.76. The number of hydrogen-bond acceptors (Lipinski definition) is 2. The van der Waals surface area contributed by atoms with Gasteiger partial charge in [0.1, 0.15) is 7.11 Å². The number of rotatable bonds is 6. The maximum absolute atomic E-state index is 4.51. The Balaban J connectivity index is 3.06. The zero-order valence-electron chi connectivity index (χ0n) is 7.42. The van der Waals surface area contributed by atoms with E-state index in [2.05, 4.69) is 29.1 Å². The standard InChI is InChI=1S/C9H17NO/c1-3-4-5-6-7-8-9-10-11-2/h5-6,9H,3-4,7-8H2,1-2H3/b6-5+,10-9-. The normalized spacial score (nSPS) is 11.5. The fraction of sp³-hybridized carbons (Fsp3) is 0.667. The van der Waals surface area contributed by atoms with Crippen molar-refractivity contribution in [2.24, 2.45) is 5.16 Å². The largest absolute Gasteiger partial charge is 0.399 e. The number of hydrogen-bond donors (Lipinski definition) is 0. The number of unbranched alkanes of at least 4 members (excludes halogenated alkanes) is 2. The van der Waals surface area contributed by atoms with Crippen molar-refractivity contribution in [2.75, 3.05) is 7.11 Å². The summed E-state index contributed by atoms with van der Waals surface area (Å²) in [5.41, 5.74) is 0. The van der Waals surface area contributed by atoms with Crippen LogP contribution in [0.15, 0.2) is 17.3 Å². The van der Waals surface area contributed by atoms with E-state index in [9.17, 15) is 0 Å². The quantitative estimate of drug-likeness (QED) is 0.250. The van der Waals surface area contributed by atoms with E-state index in [0.717, 1.165) is 12.8 Å². The van der Waals surface area contributed by atoms with Crippen molar-refractivity contribution < 1.29 is 4.84 Å². The molecule has 0 atom stereocenters. The van der Waals surface area contributed by atoms with Crippen molar-refractivity contribution in [3.05, 3.63) is 12.2 Å². The molecule has 0 saturated carbocycles. The Kier molecular flexibility index (Phi) is 8.55. The first-order valence-corrected chi connectivity index (χ1v) is 4.11. The Morgan fingerprint density at radius 2 is 1.91 bits per heavy atom. The van der Waals surface area contributed by atoms with E-state index in [1.54, 1.807) is 13.3 Å². The summed E-state index contributed by atoms with van der Waals surface area (Å²) in [6.07, 6.45) is 10.6. The van der Waals surface area contributed by atoms with Crippen LogP contribution in [0.5, 0.6) is 0 Å². The molecule has 0 unspecified atom stereocenters. The van der Waals surface area contributed by atoms with Crippen LogP contribution in [-0.4, -0.2) is 13.3 Å². The Labute approximate surface area is 68.9 Å². The van der Waals surface area contributed by atoms with Crippen molar-refractivity contribution in [2.45, 2.75) is 32.6 Å². The molecule has 0 heterocycles. The van der Waals surface area contributed by atoms with Crippen molar-refractivity contribution >= 4 is 6.21 Å². The van der Waals surface area contributed by atoms with Crippen molar-refractivity contribution in [3.8, 4) is 0 Å². The van der Waals surface area contributed by atoms with E-state index in [0.29, 0.717) is 0 Å². The molecule has 0 aliphatic rings. The zero-order chi connectivity index (χ0) is 8.36. The second kappa shape index (κ2) is 9.21. The third kappa shape index (κ3) is 9.21. The maximum atomic E-state index is 4.51. The number of allylic oxidation sites excluding steroid dienone is 2. The van der Waals surface area contributed by atoms with Gasteiger partial charge in [-0.25, -0.2) is 0 Å². The number of nitrogens with zero attached hydrogens (tertiary/aromatic N) is 1. The third-order valence-corrected chi connectivity index (χ3v) is 1.26. The van der Waals surface area contributed by atoms with Crippen LogP contribution in [0.2, 0.25) is 0 Å². The highest BCUT2D eigenvalue weighted by molar-refractivity contribution is 5.56. The average molecular weight is 155 g/mol. The smallest absolute Gasteiger partial charge is 0.106 e. The first-order chi connectivity index (χ1) is 5.41. The summed E-state index contributed by atoms with van der Waals surface area (Å²) in [4.78, 5) is 4.51. The Hall–Kier alpha value is -0.790. The molecule has 2 nitrogen and oxygen atoms in total. The average Bonchev–Trinajstić information content (AvgIpc) is 2.03. The SMILES string of the molecule is CCC/C=C/CC/C=N\OC. The first-order valence-electron chi connectivity index (χ1n) is 4.11. The van der Waals surface area contributed by atoms with Crippen LogP contribution in [0.4, 0.5) is 0 Å². The molecule has 0 spiro atoms. The minimum absolute atomic E-state index is 0.966. The van der Waals surface area contributed by atoms with Crippen LogP contribution >= 0.6 is 0 Å². The summed E-state index contributed by atoms with van der Waals surface area (Å²) < 4.78 is 0. The van der Waals surface area contributed by atoms with Crippen LogP contribution in [-0.2, 0) is 4.84 Å². The highest BCUT2D eigenvalue weighted by Gasteiger charge is 1.77. The Morgan fingerprint density at radius 1 is 1.18 bits per heavy atom. The third-order valence-electron chi connectivity index (χ3n) is 1.26. The fourth-order valence-corrected chi connectivity index (χ4v) is 0.700. The highest BCUT2D eigenvalue weighted by atomic mass is 16.6. The van der Waals surface area contributed by atoms with Gasteiger partial charge >= 0.3 is 0 Å². The van der Waals surface area contributed by atoms with E-state index in [-0.39, 0.29) is 0 Å². The predicted molar refractivity (Wildman–Crippen MR) is 48.8 cm³/mol. The van der Waals surface area contributed by atoms with Crippen LogP contribution < -0.4 is 0 Å². The van der Waals surface area contributed by atoms with E-state index in [1.807, 2.05) is 0 Å². The second-order valence-corrected chi connectivity index (χ2v) is 2.31. The molecule has 0 N–H and O–H groups in total. The van der Waals surface area contributed by atoms with Crippen LogP contribution in [0.1, 0.15) is 32.6 Å². The molecular weight excluding hydrogens is 138 g/mol. The monoisotopic (exact) mass is 155 g/mol. The van der Waals surface area contributed by atoms with Crippen LogP contribution in [0.25, 0.3) is 0 Å². The van der Waals surface area contributed by atoms with Gasteiger partial charge in [-0.05, 0) is 19.3 Å². The lowest BCUT2D eigenvalue weighted by Gasteiger charge is -1.86. The van der Waals surface area contributed by atoms with Gasteiger partial charge in [0, 0.05) is 6.21 Å². The summed E-state index contributed by atoms with van der Waals surface area (Å²) >= 11 is 0. The second-order valence-electron chi connectivity index (χ2n) is 2.31. The minimum Gasteiger partial charge on any atom is -0.399 e. The Morgan fingerprint density at radius 3 is 2.55 bits per heavy atom.